The lowest BCUT2D eigenvalue weighted by atomic mass is 10.2. The van der Waals surface area contributed by atoms with Crippen LogP contribution in [-0.2, 0) is 9.59 Å². The number of hydrogen-bond donors (Lipinski definition) is 3. The number of aromatic hydroxyl groups is 1. The number of aliphatic imine (C=N–C) groups is 1. The number of aromatic carboxylic acids is 1. The Morgan fingerprint density at radius 1 is 1.16 bits per heavy atom. The van der Waals surface area contributed by atoms with Crippen LogP contribution in [0.4, 0.5) is 5.69 Å². The number of benzene rings is 2. The van der Waals surface area contributed by atoms with Gasteiger partial charge in [0, 0.05) is 12.6 Å². The molecular weight excluding hydrogens is 436 g/mol. The van der Waals surface area contributed by atoms with Crippen LogP contribution < -0.4 is 4.74 Å². The fourth-order valence-electron chi connectivity index (χ4n) is 2.82. The molecular formula is C22H20N2O7S. The van der Waals surface area contributed by atoms with Crippen LogP contribution in [0.3, 0.4) is 0 Å². The van der Waals surface area contributed by atoms with Gasteiger partial charge in [-0.2, -0.15) is 0 Å². The summed E-state index contributed by atoms with van der Waals surface area (Å²) >= 11 is 1.17. The zero-order valence-corrected chi connectivity index (χ0v) is 17.8. The Balaban J connectivity index is 1.78. The first kappa shape index (κ1) is 22.9. The predicted molar refractivity (Wildman–Crippen MR) is 119 cm³/mol. The van der Waals surface area contributed by atoms with E-state index in [-0.39, 0.29) is 24.5 Å². The van der Waals surface area contributed by atoms with E-state index in [4.69, 9.17) is 14.9 Å². The van der Waals surface area contributed by atoms with Crippen molar-refractivity contribution in [3.05, 3.63) is 58.5 Å². The Kier molecular flexibility index (Phi) is 7.16. The van der Waals surface area contributed by atoms with Gasteiger partial charge in [-0.05, 0) is 54.6 Å². The van der Waals surface area contributed by atoms with Crippen molar-refractivity contribution < 1.29 is 34.4 Å². The van der Waals surface area contributed by atoms with E-state index in [1.165, 1.54) is 34.9 Å². The molecule has 0 spiro atoms. The quantitative estimate of drug-likeness (QED) is 0.513. The van der Waals surface area contributed by atoms with Gasteiger partial charge in [0.25, 0.3) is 5.91 Å². The number of nitrogens with zero attached hydrogens (tertiary/aromatic N) is 2. The number of likely N-dealkylation sites (N-methyl/N-ethyl adjacent to an activating group) is 1. The molecule has 1 saturated heterocycles. The molecule has 0 unspecified atom stereocenters. The van der Waals surface area contributed by atoms with Crippen molar-refractivity contribution in [3.63, 3.8) is 0 Å². The van der Waals surface area contributed by atoms with Crippen molar-refractivity contribution in [2.24, 2.45) is 4.99 Å². The Hall–Kier alpha value is -3.79. The van der Waals surface area contributed by atoms with Crippen molar-refractivity contribution in [2.75, 3.05) is 13.2 Å². The first-order chi connectivity index (χ1) is 15.3. The number of hydrogen-bond acceptors (Lipinski definition) is 7. The number of carboxylic acid groups (broad SMARTS) is 2. The molecule has 0 radical (unpaired) electrons. The minimum atomic E-state index is -1.24. The molecule has 0 aliphatic carbocycles. The van der Waals surface area contributed by atoms with Gasteiger partial charge in [0.15, 0.2) is 5.17 Å². The van der Waals surface area contributed by atoms with E-state index in [1.54, 1.807) is 30.3 Å². The monoisotopic (exact) mass is 456 g/mol. The summed E-state index contributed by atoms with van der Waals surface area (Å²) in [6.45, 7) is 2.26. The standard InChI is InChI=1S/C22H20N2O7S/c1-2-24-20(28)18(11-13-3-6-15(7-4-13)31-10-9-19(26)27)32-22(24)23-14-5-8-16(21(29)30)17(25)12-14/h3-8,11-12,25H,2,9-10H2,1H3,(H,26,27)(H,29,30)/b18-11-,23-22?. The summed E-state index contributed by atoms with van der Waals surface area (Å²) < 4.78 is 5.36. The molecule has 1 heterocycles. The number of carboxylic acids is 2. The zero-order valence-electron chi connectivity index (χ0n) is 17.0. The second-order valence-electron chi connectivity index (χ2n) is 6.62. The lowest BCUT2D eigenvalue weighted by Gasteiger charge is -2.12. The molecule has 10 heteroatoms. The normalized spacial score (nSPS) is 16.0. The lowest BCUT2D eigenvalue weighted by molar-refractivity contribution is -0.137. The molecule has 2 aromatic rings. The highest BCUT2D eigenvalue weighted by atomic mass is 32.2. The van der Waals surface area contributed by atoms with E-state index in [0.29, 0.717) is 28.1 Å². The highest BCUT2D eigenvalue weighted by Gasteiger charge is 2.32. The highest BCUT2D eigenvalue weighted by Crippen LogP contribution is 2.35. The highest BCUT2D eigenvalue weighted by molar-refractivity contribution is 8.18. The molecule has 3 rings (SSSR count). The van der Waals surface area contributed by atoms with E-state index >= 15 is 0 Å². The summed E-state index contributed by atoms with van der Waals surface area (Å²) in [6, 6.07) is 10.8. The minimum absolute atomic E-state index is 0.0678. The first-order valence-corrected chi connectivity index (χ1v) is 10.4. The topological polar surface area (TPSA) is 137 Å². The number of carbonyl (C=O) groups excluding carboxylic acids is 1. The van der Waals surface area contributed by atoms with Gasteiger partial charge in [0.05, 0.1) is 23.6 Å². The summed E-state index contributed by atoms with van der Waals surface area (Å²) in [7, 11) is 0. The number of amidine groups is 1. The molecule has 0 atom stereocenters. The van der Waals surface area contributed by atoms with Gasteiger partial charge in [-0.3, -0.25) is 14.5 Å². The van der Waals surface area contributed by atoms with Crippen molar-refractivity contribution in [1.82, 2.24) is 4.90 Å². The molecule has 166 valence electrons. The smallest absolute Gasteiger partial charge is 0.339 e. The van der Waals surface area contributed by atoms with E-state index in [1.807, 2.05) is 6.92 Å². The van der Waals surface area contributed by atoms with Crippen molar-refractivity contribution in [1.29, 1.82) is 0 Å². The molecule has 0 bridgehead atoms. The fourth-order valence-corrected chi connectivity index (χ4v) is 3.88. The molecule has 9 nitrogen and oxygen atoms in total. The molecule has 1 aliphatic heterocycles. The Bertz CT molecular complexity index is 1110. The van der Waals surface area contributed by atoms with Crippen LogP contribution in [0.25, 0.3) is 6.08 Å². The number of carbonyl (C=O) groups is 3. The molecule has 0 aromatic heterocycles. The zero-order chi connectivity index (χ0) is 23.3. The van der Waals surface area contributed by atoms with Gasteiger partial charge in [-0.15, -0.1) is 0 Å². The van der Waals surface area contributed by atoms with E-state index < -0.39 is 17.7 Å². The maximum absolute atomic E-state index is 12.8. The number of amides is 1. The van der Waals surface area contributed by atoms with Crippen molar-refractivity contribution in [3.8, 4) is 11.5 Å². The van der Waals surface area contributed by atoms with Crippen LogP contribution in [-0.4, -0.2) is 56.4 Å². The number of phenols is 1. The van der Waals surface area contributed by atoms with Gasteiger partial charge in [0.1, 0.15) is 17.1 Å². The van der Waals surface area contributed by atoms with Crippen LogP contribution in [0.1, 0.15) is 29.3 Å². The largest absolute Gasteiger partial charge is 0.507 e. The van der Waals surface area contributed by atoms with Crippen LogP contribution in [0.2, 0.25) is 0 Å². The van der Waals surface area contributed by atoms with Gasteiger partial charge in [0.2, 0.25) is 0 Å². The third-order valence-corrected chi connectivity index (χ3v) is 5.41. The second-order valence-corrected chi connectivity index (χ2v) is 7.63. The summed E-state index contributed by atoms with van der Waals surface area (Å²) in [6.07, 6.45) is 1.62. The van der Waals surface area contributed by atoms with Gasteiger partial charge < -0.3 is 20.1 Å². The first-order valence-electron chi connectivity index (χ1n) is 9.59. The molecule has 1 amide bonds. The van der Waals surface area contributed by atoms with Crippen LogP contribution in [0.15, 0.2) is 52.4 Å². The minimum Gasteiger partial charge on any atom is -0.507 e. The summed E-state index contributed by atoms with van der Waals surface area (Å²) in [4.78, 5) is 40.7. The van der Waals surface area contributed by atoms with Crippen molar-refractivity contribution in [2.45, 2.75) is 13.3 Å². The number of thioether (sulfide) groups is 1. The molecule has 32 heavy (non-hydrogen) atoms. The predicted octanol–water partition coefficient (Wildman–Crippen LogP) is 3.57. The van der Waals surface area contributed by atoms with Gasteiger partial charge in [-0.25, -0.2) is 9.79 Å². The van der Waals surface area contributed by atoms with E-state index in [9.17, 15) is 19.5 Å². The third-order valence-electron chi connectivity index (χ3n) is 4.40. The summed E-state index contributed by atoms with van der Waals surface area (Å²) in [5, 5.41) is 28.0. The van der Waals surface area contributed by atoms with Crippen molar-refractivity contribution >= 4 is 46.5 Å². The van der Waals surface area contributed by atoms with E-state index in [0.717, 1.165) is 5.56 Å². The van der Waals surface area contributed by atoms with Gasteiger partial charge >= 0.3 is 11.9 Å². The SMILES string of the molecule is CCN1C(=O)/C(=C/c2ccc(OCCC(=O)O)cc2)SC1=Nc1ccc(C(=O)O)c(O)c1. The third kappa shape index (κ3) is 5.46. The summed E-state index contributed by atoms with van der Waals surface area (Å²) in [5.74, 6) is -2.27. The average Bonchev–Trinajstić information content (AvgIpc) is 3.02. The van der Waals surface area contributed by atoms with Gasteiger partial charge in [-0.1, -0.05) is 12.1 Å². The molecule has 2 aromatic carbocycles. The summed E-state index contributed by atoms with van der Waals surface area (Å²) in [5.41, 5.74) is 0.852. The number of ether oxygens (including phenoxy) is 1. The maximum atomic E-state index is 12.8. The number of aliphatic carboxylic acids is 1. The fraction of sp³-hybridized carbons (Fsp3) is 0.182. The Morgan fingerprint density at radius 2 is 1.88 bits per heavy atom. The van der Waals surface area contributed by atoms with Crippen LogP contribution >= 0.6 is 11.8 Å². The molecule has 3 N–H and O–H groups in total. The average molecular weight is 456 g/mol. The Labute approximate surface area is 187 Å². The Morgan fingerprint density at radius 3 is 2.47 bits per heavy atom. The van der Waals surface area contributed by atoms with E-state index in [2.05, 4.69) is 4.99 Å². The van der Waals surface area contributed by atoms with Crippen LogP contribution in [0, 0.1) is 0 Å². The molecule has 1 aliphatic rings. The van der Waals surface area contributed by atoms with Crippen LogP contribution in [0.5, 0.6) is 11.5 Å². The number of rotatable bonds is 8. The maximum Gasteiger partial charge on any atom is 0.339 e. The second kappa shape index (κ2) is 10.0. The molecule has 0 saturated carbocycles. The molecule has 1 fully saturated rings. The lowest BCUT2D eigenvalue weighted by Crippen LogP contribution is -2.28.